The second-order valence-electron chi connectivity index (χ2n) is 5.95. The molecule has 134 valence electrons. The minimum Gasteiger partial charge on any atom is -0.548 e. The lowest BCUT2D eigenvalue weighted by Crippen LogP contribution is -2.27. The van der Waals surface area contributed by atoms with Gasteiger partial charge in [-0.1, -0.05) is 36.4 Å². The number of carbonyl (C=O) groups is 3. The Hall–Kier alpha value is -3.32. The highest BCUT2D eigenvalue weighted by Gasteiger charge is 2.36. The highest BCUT2D eigenvalue weighted by Crippen LogP contribution is 2.36. The van der Waals surface area contributed by atoms with Gasteiger partial charge >= 0.3 is 0 Å². The van der Waals surface area contributed by atoms with E-state index in [9.17, 15) is 19.5 Å². The molecule has 2 aromatic carbocycles. The summed E-state index contributed by atoms with van der Waals surface area (Å²) in [5, 5.41) is 11.4. The SMILES string of the molecule is O=C([O-])Cn1cc(/C=C2\SC(=O)N(c3ccccc3)C2=O)c2ccccc21. The van der Waals surface area contributed by atoms with Gasteiger partial charge in [0.05, 0.1) is 23.1 Å². The number of carboxylic acids is 1. The first-order valence-corrected chi connectivity index (χ1v) is 8.97. The van der Waals surface area contributed by atoms with E-state index in [1.807, 2.05) is 18.2 Å². The van der Waals surface area contributed by atoms with Gasteiger partial charge in [-0.05, 0) is 36.0 Å². The average Bonchev–Trinajstić information content (AvgIpc) is 3.13. The van der Waals surface area contributed by atoms with Crippen LogP contribution < -0.4 is 10.0 Å². The highest BCUT2D eigenvalue weighted by atomic mass is 32.2. The number of aliphatic carboxylic acids is 1. The third-order valence-electron chi connectivity index (χ3n) is 4.21. The van der Waals surface area contributed by atoms with E-state index >= 15 is 0 Å². The van der Waals surface area contributed by atoms with Gasteiger partial charge < -0.3 is 14.5 Å². The third-order valence-corrected chi connectivity index (χ3v) is 5.08. The zero-order valence-corrected chi connectivity index (χ0v) is 14.8. The van der Waals surface area contributed by atoms with Gasteiger partial charge in [-0.3, -0.25) is 9.59 Å². The third kappa shape index (κ3) is 3.13. The zero-order valence-electron chi connectivity index (χ0n) is 14.0. The number of hydrogen-bond acceptors (Lipinski definition) is 5. The van der Waals surface area contributed by atoms with Crippen molar-refractivity contribution in [2.75, 3.05) is 4.90 Å². The molecule has 1 saturated heterocycles. The van der Waals surface area contributed by atoms with Gasteiger partial charge in [-0.25, -0.2) is 4.90 Å². The summed E-state index contributed by atoms with van der Waals surface area (Å²) in [5.74, 6) is -1.60. The Morgan fingerprint density at radius 1 is 1.04 bits per heavy atom. The number of amides is 2. The number of anilines is 1. The largest absolute Gasteiger partial charge is 0.548 e. The number of hydrogen-bond donors (Lipinski definition) is 0. The number of carboxylic acid groups (broad SMARTS) is 1. The normalized spacial score (nSPS) is 15.9. The van der Waals surface area contributed by atoms with Crippen LogP contribution >= 0.6 is 11.8 Å². The van der Waals surface area contributed by atoms with Gasteiger partial charge in [0.1, 0.15) is 0 Å². The summed E-state index contributed by atoms with van der Waals surface area (Å²) in [5.41, 5.74) is 1.91. The maximum atomic E-state index is 12.7. The summed E-state index contributed by atoms with van der Waals surface area (Å²) in [6.45, 7) is -0.292. The van der Waals surface area contributed by atoms with Gasteiger partial charge in [-0.2, -0.15) is 0 Å². The number of nitrogens with zero attached hydrogens (tertiary/aromatic N) is 2. The van der Waals surface area contributed by atoms with Crippen LogP contribution in [0.1, 0.15) is 5.56 Å². The molecule has 1 aliphatic rings. The second-order valence-corrected chi connectivity index (χ2v) is 6.95. The molecule has 0 aliphatic carbocycles. The summed E-state index contributed by atoms with van der Waals surface area (Å²) in [7, 11) is 0. The predicted molar refractivity (Wildman–Crippen MR) is 102 cm³/mol. The number of thioether (sulfide) groups is 1. The predicted octanol–water partition coefficient (Wildman–Crippen LogP) is 2.63. The number of rotatable bonds is 4. The number of para-hydroxylation sites is 2. The van der Waals surface area contributed by atoms with E-state index in [-0.39, 0.29) is 11.8 Å². The molecule has 0 N–H and O–H groups in total. The Bertz CT molecular complexity index is 1100. The average molecular weight is 377 g/mol. The van der Waals surface area contributed by atoms with E-state index in [4.69, 9.17) is 0 Å². The van der Waals surface area contributed by atoms with Crippen molar-refractivity contribution in [1.82, 2.24) is 4.57 Å². The summed E-state index contributed by atoms with van der Waals surface area (Å²) >= 11 is 0.864. The molecule has 0 bridgehead atoms. The molecule has 0 saturated carbocycles. The van der Waals surface area contributed by atoms with Gasteiger partial charge in [0.25, 0.3) is 11.1 Å². The lowest BCUT2D eigenvalue weighted by atomic mass is 10.1. The van der Waals surface area contributed by atoms with E-state index in [0.29, 0.717) is 16.2 Å². The van der Waals surface area contributed by atoms with Crippen LogP contribution in [0.4, 0.5) is 10.5 Å². The van der Waals surface area contributed by atoms with Crippen LogP contribution in [0.3, 0.4) is 0 Å². The summed E-state index contributed by atoms with van der Waals surface area (Å²) in [4.78, 5) is 37.5. The molecule has 0 spiro atoms. The molecule has 3 aromatic rings. The molecule has 7 heteroatoms. The van der Waals surface area contributed by atoms with Crippen LogP contribution in [0.5, 0.6) is 0 Å². The standard InChI is InChI=1S/C20H14N2O4S/c23-18(24)12-21-11-13(15-8-4-5-9-16(15)21)10-17-19(25)22(20(26)27-17)14-6-2-1-3-7-14/h1-11H,12H2,(H,23,24)/p-1/b17-10-. The quantitative estimate of drug-likeness (QED) is 0.653. The summed E-state index contributed by atoms with van der Waals surface area (Å²) in [6.07, 6.45) is 3.28. The zero-order chi connectivity index (χ0) is 19.0. The molecule has 0 unspecified atom stereocenters. The van der Waals surface area contributed by atoms with Gasteiger partial charge in [0.15, 0.2) is 0 Å². The first-order valence-electron chi connectivity index (χ1n) is 8.15. The Balaban J connectivity index is 1.75. The van der Waals surface area contributed by atoms with E-state index in [0.717, 1.165) is 27.6 Å². The van der Waals surface area contributed by atoms with Gasteiger partial charge in [0, 0.05) is 22.7 Å². The molecular formula is C20H13N2O4S-. The maximum Gasteiger partial charge on any atom is 0.298 e. The molecular weight excluding hydrogens is 364 g/mol. The Morgan fingerprint density at radius 2 is 1.74 bits per heavy atom. The lowest BCUT2D eigenvalue weighted by Gasteiger charge is -2.11. The van der Waals surface area contributed by atoms with Crippen LogP contribution in [-0.4, -0.2) is 21.7 Å². The first-order chi connectivity index (χ1) is 13.0. The van der Waals surface area contributed by atoms with Gasteiger partial charge in [-0.15, -0.1) is 0 Å². The van der Waals surface area contributed by atoms with Crippen molar-refractivity contribution in [2.24, 2.45) is 0 Å². The summed E-state index contributed by atoms with van der Waals surface area (Å²) < 4.78 is 1.55. The number of imide groups is 1. The minimum absolute atomic E-state index is 0.292. The van der Waals surface area contributed by atoms with Crippen LogP contribution in [0.2, 0.25) is 0 Å². The maximum absolute atomic E-state index is 12.7. The van der Waals surface area contributed by atoms with Crippen LogP contribution in [0, 0.1) is 0 Å². The topological polar surface area (TPSA) is 82.4 Å². The van der Waals surface area contributed by atoms with E-state index in [1.54, 1.807) is 53.2 Å². The molecule has 1 fully saturated rings. The van der Waals surface area contributed by atoms with Crippen molar-refractivity contribution < 1.29 is 19.5 Å². The van der Waals surface area contributed by atoms with E-state index in [1.165, 1.54) is 0 Å². The van der Waals surface area contributed by atoms with Gasteiger partial charge in [0.2, 0.25) is 0 Å². The van der Waals surface area contributed by atoms with Crippen LogP contribution in [0.15, 0.2) is 65.7 Å². The molecule has 1 aromatic heterocycles. The highest BCUT2D eigenvalue weighted by molar-refractivity contribution is 8.19. The molecule has 4 rings (SSSR count). The van der Waals surface area contributed by atoms with Crippen molar-refractivity contribution in [3.63, 3.8) is 0 Å². The van der Waals surface area contributed by atoms with E-state index < -0.39 is 11.9 Å². The van der Waals surface area contributed by atoms with Crippen molar-refractivity contribution >= 4 is 51.5 Å². The smallest absolute Gasteiger partial charge is 0.298 e. The fourth-order valence-corrected chi connectivity index (χ4v) is 3.90. The van der Waals surface area contributed by atoms with Crippen molar-refractivity contribution in [1.29, 1.82) is 0 Å². The summed E-state index contributed by atoms with van der Waals surface area (Å²) in [6, 6.07) is 16.0. The monoisotopic (exact) mass is 377 g/mol. The molecule has 0 radical (unpaired) electrons. The van der Waals surface area contributed by atoms with E-state index in [2.05, 4.69) is 0 Å². The molecule has 0 atom stereocenters. The lowest BCUT2D eigenvalue weighted by molar-refractivity contribution is -0.306. The molecule has 2 heterocycles. The van der Waals surface area contributed by atoms with Crippen molar-refractivity contribution in [3.05, 3.63) is 71.3 Å². The Morgan fingerprint density at radius 3 is 2.48 bits per heavy atom. The van der Waals surface area contributed by atoms with Crippen molar-refractivity contribution in [3.8, 4) is 0 Å². The van der Waals surface area contributed by atoms with Crippen LogP contribution in [-0.2, 0) is 16.1 Å². The fraction of sp³-hybridized carbons (Fsp3) is 0.0500. The molecule has 2 amide bonds. The number of carbonyl (C=O) groups excluding carboxylic acids is 3. The van der Waals surface area contributed by atoms with Crippen molar-refractivity contribution in [2.45, 2.75) is 6.54 Å². The molecule has 1 aliphatic heterocycles. The first kappa shape index (κ1) is 17.1. The number of benzene rings is 2. The Labute approximate surface area is 158 Å². The molecule has 27 heavy (non-hydrogen) atoms. The molecule has 6 nitrogen and oxygen atoms in total. The minimum atomic E-state index is -1.20. The second kappa shape index (κ2) is 6.77. The number of aromatic nitrogens is 1. The fourth-order valence-electron chi connectivity index (χ4n) is 3.07. The van der Waals surface area contributed by atoms with Crippen LogP contribution in [0.25, 0.3) is 17.0 Å². The Kier molecular flexibility index (Phi) is 4.29. The number of fused-ring (bicyclic) bond motifs is 1.